The minimum absolute atomic E-state index is 0.164. The molecule has 3 aromatic rings. The maximum absolute atomic E-state index is 12.9. The van der Waals surface area contributed by atoms with Crippen LogP contribution in [-0.4, -0.2) is 42.5 Å². The van der Waals surface area contributed by atoms with E-state index >= 15 is 0 Å². The van der Waals surface area contributed by atoms with E-state index in [0.29, 0.717) is 0 Å². The van der Waals surface area contributed by atoms with Crippen molar-refractivity contribution in [2.75, 3.05) is 12.9 Å². The lowest BCUT2D eigenvalue weighted by Gasteiger charge is -2.36. The topological polar surface area (TPSA) is 93.7 Å². The molecule has 2 N–H and O–H groups in total. The summed E-state index contributed by atoms with van der Waals surface area (Å²) in [6.07, 6.45) is -0.817. The molecule has 39 heavy (non-hydrogen) atoms. The number of nitrogens with one attached hydrogen (secondary N) is 2. The summed E-state index contributed by atoms with van der Waals surface area (Å²) in [5.74, 6) is -1.18. The molecule has 3 aromatic carbocycles. The lowest BCUT2D eigenvalue weighted by Crippen LogP contribution is -2.47. The summed E-state index contributed by atoms with van der Waals surface area (Å²) in [5, 5.41) is 4.98. The summed E-state index contributed by atoms with van der Waals surface area (Å²) in [7, 11) is 1.26. The Morgan fingerprint density at radius 1 is 0.821 bits per heavy atom. The van der Waals surface area contributed by atoms with Gasteiger partial charge in [-0.3, -0.25) is 10.1 Å². The van der Waals surface area contributed by atoms with Crippen molar-refractivity contribution in [1.29, 1.82) is 0 Å². The summed E-state index contributed by atoms with van der Waals surface area (Å²) in [6, 6.07) is 29.0. The molecule has 204 valence electrons. The van der Waals surface area contributed by atoms with E-state index in [-0.39, 0.29) is 11.4 Å². The molecule has 0 spiro atoms. The summed E-state index contributed by atoms with van der Waals surface area (Å²) >= 11 is 1.50. The first-order valence-electron chi connectivity index (χ1n) is 12.4. The first-order chi connectivity index (χ1) is 18.6. The minimum Gasteiger partial charge on any atom is -0.467 e. The van der Waals surface area contributed by atoms with Crippen LogP contribution in [0, 0.1) is 0 Å². The Kier molecular flexibility index (Phi) is 9.95. The zero-order valence-corrected chi connectivity index (χ0v) is 23.4. The first-order valence-corrected chi connectivity index (χ1v) is 13.4. The third-order valence-corrected chi connectivity index (χ3v) is 7.36. The molecule has 7 nitrogen and oxygen atoms in total. The van der Waals surface area contributed by atoms with Crippen molar-refractivity contribution in [3.8, 4) is 0 Å². The van der Waals surface area contributed by atoms with Gasteiger partial charge in [-0.2, -0.15) is 0 Å². The number of carbonyl (C=O) groups excluding carboxylic acids is 3. The fourth-order valence-electron chi connectivity index (χ4n) is 4.02. The highest BCUT2D eigenvalue weighted by molar-refractivity contribution is 8.00. The normalized spacial score (nSPS) is 12.1. The number of rotatable bonds is 10. The van der Waals surface area contributed by atoms with E-state index in [1.54, 1.807) is 20.8 Å². The van der Waals surface area contributed by atoms with Crippen LogP contribution in [0.1, 0.15) is 37.5 Å². The van der Waals surface area contributed by atoms with Gasteiger partial charge in [0.2, 0.25) is 0 Å². The summed E-state index contributed by atoms with van der Waals surface area (Å²) in [5.41, 5.74) is 2.04. The van der Waals surface area contributed by atoms with Gasteiger partial charge >= 0.3 is 12.1 Å². The Hall–Kier alpha value is -4.04. The Labute approximate surface area is 234 Å². The van der Waals surface area contributed by atoms with Crippen LogP contribution >= 0.6 is 11.8 Å². The van der Waals surface area contributed by atoms with Crippen LogP contribution in [0.15, 0.2) is 103 Å². The van der Waals surface area contributed by atoms with Crippen LogP contribution < -0.4 is 10.6 Å². The third-order valence-electron chi connectivity index (χ3n) is 5.72. The van der Waals surface area contributed by atoms with Gasteiger partial charge in [0, 0.05) is 5.75 Å². The fourth-order valence-corrected chi connectivity index (χ4v) is 5.56. The van der Waals surface area contributed by atoms with E-state index in [4.69, 9.17) is 9.47 Å². The Morgan fingerprint density at radius 3 is 1.64 bits per heavy atom. The Bertz CT molecular complexity index is 1180. The summed E-state index contributed by atoms with van der Waals surface area (Å²) < 4.78 is 9.50. The van der Waals surface area contributed by atoms with Gasteiger partial charge in [-0.05, 0) is 37.5 Å². The zero-order chi connectivity index (χ0) is 28.5. The smallest absolute Gasteiger partial charge is 0.412 e. The monoisotopic (exact) mass is 546 g/mol. The molecular weight excluding hydrogens is 512 g/mol. The minimum atomic E-state index is -1.03. The summed E-state index contributed by atoms with van der Waals surface area (Å²) in [4.78, 5) is 37.8. The van der Waals surface area contributed by atoms with Crippen molar-refractivity contribution in [2.24, 2.45) is 0 Å². The molecule has 0 aliphatic heterocycles. The molecular formula is C31H34N2O5S. The number of thioether (sulfide) groups is 1. The van der Waals surface area contributed by atoms with Gasteiger partial charge in [-0.25, -0.2) is 9.59 Å². The molecule has 0 saturated carbocycles. The number of hydrogen-bond donors (Lipinski definition) is 2. The van der Waals surface area contributed by atoms with Crippen molar-refractivity contribution < 1.29 is 23.9 Å². The van der Waals surface area contributed by atoms with Crippen LogP contribution in [0.5, 0.6) is 0 Å². The van der Waals surface area contributed by atoms with Crippen molar-refractivity contribution >= 4 is 29.7 Å². The molecule has 0 aromatic heterocycles. The predicted octanol–water partition coefficient (Wildman–Crippen LogP) is 5.41. The lowest BCUT2D eigenvalue weighted by molar-refractivity contribution is -0.144. The van der Waals surface area contributed by atoms with E-state index in [9.17, 15) is 14.4 Å². The lowest BCUT2D eigenvalue weighted by atomic mass is 9.84. The first kappa shape index (κ1) is 29.5. The number of hydrogen-bond acceptors (Lipinski definition) is 6. The third kappa shape index (κ3) is 7.74. The molecule has 0 aliphatic carbocycles. The number of benzene rings is 3. The van der Waals surface area contributed by atoms with Gasteiger partial charge in [-0.1, -0.05) is 97.6 Å². The van der Waals surface area contributed by atoms with E-state index in [1.807, 2.05) is 91.0 Å². The average Bonchev–Trinajstić information content (AvgIpc) is 2.92. The average molecular weight is 547 g/mol. The van der Waals surface area contributed by atoms with Crippen LogP contribution in [0.3, 0.4) is 0 Å². The Morgan fingerprint density at radius 2 is 1.26 bits per heavy atom. The molecule has 8 heteroatoms. The van der Waals surface area contributed by atoms with Gasteiger partial charge in [0.25, 0.3) is 5.91 Å². The van der Waals surface area contributed by atoms with Gasteiger partial charge in [0.05, 0.1) is 11.9 Å². The molecule has 1 atom stereocenters. The number of carbonyl (C=O) groups is 3. The van der Waals surface area contributed by atoms with Crippen LogP contribution in [0.25, 0.3) is 0 Å². The molecule has 0 radical (unpaired) electrons. The molecule has 0 unspecified atom stereocenters. The predicted molar refractivity (Wildman–Crippen MR) is 154 cm³/mol. The second-order valence-corrected chi connectivity index (χ2v) is 11.0. The van der Waals surface area contributed by atoms with E-state index < -0.39 is 34.4 Å². The second kappa shape index (κ2) is 13.2. The highest BCUT2D eigenvalue weighted by atomic mass is 32.2. The van der Waals surface area contributed by atoms with Crippen molar-refractivity contribution in [3.05, 3.63) is 120 Å². The molecule has 0 saturated heterocycles. The number of ether oxygens (including phenoxy) is 2. The fraction of sp³-hybridized carbons (Fsp3) is 0.258. The van der Waals surface area contributed by atoms with Gasteiger partial charge in [-0.15, -0.1) is 11.8 Å². The maximum atomic E-state index is 12.9. The van der Waals surface area contributed by atoms with Crippen LogP contribution in [0.4, 0.5) is 4.79 Å². The van der Waals surface area contributed by atoms with E-state index in [1.165, 1.54) is 18.9 Å². The summed E-state index contributed by atoms with van der Waals surface area (Å²) in [6.45, 7) is 8.75. The highest BCUT2D eigenvalue weighted by Crippen LogP contribution is 2.48. The Balaban J connectivity index is 1.93. The van der Waals surface area contributed by atoms with Gasteiger partial charge in [0.15, 0.2) is 0 Å². The van der Waals surface area contributed by atoms with Crippen molar-refractivity contribution in [2.45, 2.75) is 37.2 Å². The molecule has 0 aliphatic rings. The van der Waals surface area contributed by atoms with Crippen LogP contribution in [-0.2, 0) is 23.8 Å². The van der Waals surface area contributed by atoms with Crippen molar-refractivity contribution in [3.63, 3.8) is 0 Å². The number of alkyl carbamates (subject to hydrolysis) is 1. The number of methoxy groups -OCH3 is 1. The standard InChI is InChI=1S/C31H34N2O5S/c1-22(32-29(36)38-30(2,3)4)27(34)33-26(28(35)37-5)21-39-31(23-15-9-6-10-16-23,24-17-11-7-12-18-24)25-19-13-8-14-20-25/h6-20,26H,1,21H2,2-5H3,(H,32,36)(H,33,34)/t26-/m0/s1. The van der Waals surface area contributed by atoms with E-state index in [0.717, 1.165) is 16.7 Å². The van der Waals surface area contributed by atoms with Gasteiger partial charge < -0.3 is 14.8 Å². The molecule has 2 amide bonds. The highest BCUT2D eigenvalue weighted by Gasteiger charge is 2.39. The zero-order valence-electron chi connectivity index (χ0n) is 22.6. The molecule has 0 fully saturated rings. The maximum Gasteiger partial charge on any atom is 0.412 e. The van der Waals surface area contributed by atoms with Crippen molar-refractivity contribution in [1.82, 2.24) is 10.6 Å². The molecule has 3 rings (SSSR count). The van der Waals surface area contributed by atoms with Crippen LogP contribution in [0.2, 0.25) is 0 Å². The SMILES string of the molecule is C=C(NC(=O)OC(C)(C)C)C(=O)N[C@@H](CSC(c1ccccc1)(c1ccccc1)c1ccccc1)C(=O)OC. The van der Waals surface area contributed by atoms with E-state index in [2.05, 4.69) is 17.2 Å². The number of amides is 2. The largest absolute Gasteiger partial charge is 0.467 e. The molecule has 0 bridgehead atoms. The quantitative estimate of drug-likeness (QED) is 0.201. The second-order valence-electron chi connectivity index (χ2n) is 9.74. The van der Waals surface area contributed by atoms with Gasteiger partial charge in [0.1, 0.15) is 17.3 Å². The number of esters is 1. The molecule has 0 heterocycles.